The van der Waals surface area contributed by atoms with E-state index in [2.05, 4.69) is 21.9 Å². The summed E-state index contributed by atoms with van der Waals surface area (Å²) in [5, 5.41) is 0. The summed E-state index contributed by atoms with van der Waals surface area (Å²) in [6.07, 6.45) is 22.1. The maximum atomic E-state index is 13.1. The number of anilines is 1. The Labute approximate surface area is 256 Å². The van der Waals surface area contributed by atoms with Crippen molar-refractivity contribution in [3.63, 3.8) is 0 Å². The number of nitrogen functional groups attached to an aromatic ring is 1. The maximum absolute atomic E-state index is 13.1. The first kappa shape index (κ1) is 36.4. The molecule has 12 heteroatoms. The van der Waals surface area contributed by atoms with Crippen molar-refractivity contribution in [3.8, 4) is 0 Å². The Bertz CT molecular complexity index is 984. The molecule has 2 rings (SSSR count). The minimum Gasteiger partial charge on any atom is -0.382 e. The number of ether oxygens (including phenoxy) is 1. The number of hydrogen-bond donors (Lipinski definition) is 1. The van der Waals surface area contributed by atoms with Crippen LogP contribution in [0.3, 0.4) is 0 Å². The SMILES string of the molecule is CCCCCCCCCCCCCCCCSSCCOP(=O)(CO[C@H](C)Cn1cnc2c(N)ncnc21)OCC. The van der Waals surface area contributed by atoms with Crippen molar-refractivity contribution in [2.45, 2.75) is 123 Å². The molecule has 0 aliphatic carbocycles. The van der Waals surface area contributed by atoms with Crippen molar-refractivity contribution in [1.29, 1.82) is 0 Å². The van der Waals surface area contributed by atoms with Gasteiger partial charge in [0.25, 0.3) is 0 Å². The summed E-state index contributed by atoms with van der Waals surface area (Å²) >= 11 is 0. The quantitative estimate of drug-likeness (QED) is 0.0582. The summed E-state index contributed by atoms with van der Waals surface area (Å²) in [6, 6.07) is 0. The van der Waals surface area contributed by atoms with Crippen LogP contribution in [-0.4, -0.2) is 56.7 Å². The van der Waals surface area contributed by atoms with Crippen LogP contribution in [0.25, 0.3) is 11.2 Å². The summed E-state index contributed by atoms with van der Waals surface area (Å²) in [5.74, 6) is 2.25. The molecule has 0 saturated carbocycles. The van der Waals surface area contributed by atoms with Crippen molar-refractivity contribution in [3.05, 3.63) is 12.7 Å². The molecule has 0 aromatic carbocycles. The minimum absolute atomic E-state index is 0.0946. The molecule has 0 bridgehead atoms. The van der Waals surface area contributed by atoms with Crippen LogP contribution in [0.5, 0.6) is 0 Å². The average Bonchev–Trinajstić information content (AvgIpc) is 3.37. The highest BCUT2D eigenvalue weighted by atomic mass is 33.1. The topological polar surface area (TPSA) is 114 Å². The second kappa shape index (κ2) is 22.7. The lowest BCUT2D eigenvalue weighted by molar-refractivity contribution is 0.0673. The summed E-state index contributed by atoms with van der Waals surface area (Å²) in [6.45, 7) is 7.14. The van der Waals surface area contributed by atoms with Crippen molar-refractivity contribution in [1.82, 2.24) is 19.5 Å². The molecule has 0 aliphatic rings. The van der Waals surface area contributed by atoms with Crippen LogP contribution < -0.4 is 5.73 Å². The molecule has 0 amide bonds. The van der Waals surface area contributed by atoms with E-state index in [0.717, 1.165) is 11.5 Å². The lowest BCUT2D eigenvalue weighted by atomic mass is 10.0. The molecule has 0 radical (unpaired) electrons. The largest absolute Gasteiger partial charge is 0.382 e. The van der Waals surface area contributed by atoms with Gasteiger partial charge in [0.2, 0.25) is 0 Å². The third-order valence-corrected chi connectivity index (χ3v) is 11.0. The van der Waals surface area contributed by atoms with Crippen LogP contribution in [0.2, 0.25) is 0 Å². The van der Waals surface area contributed by atoms with Gasteiger partial charge in [0.1, 0.15) is 18.2 Å². The van der Waals surface area contributed by atoms with E-state index in [1.165, 1.54) is 96.2 Å². The van der Waals surface area contributed by atoms with Gasteiger partial charge in [-0.25, -0.2) is 15.0 Å². The maximum Gasteiger partial charge on any atom is 0.356 e. The Morgan fingerprint density at radius 1 is 0.854 bits per heavy atom. The normalized spacial score (nSPS) is 14.0. The lowest BCUT2D eigenvalue weighted by Gasteiger charge is -2.20. The Morgan fingerprint density at radius 3 is 2.10 bits per heavy atom. The van der Waals surface area contributed by atoms with E-state index >= 15 is 0 Å². The lowest BCUT2D eigenvalue weighted by Crippen LogP contribution is -2.18. The molecule has 0 saturated heterocycles. The molecule has 0 spiro atoms. The molecule has 1 unspecified atom stereocenters. The predicted octanol–water partition coefficient (Wildman–Crippen LogP) is 8.88. The van der Waals surface area contributed by atoms with E-state index in [0.29, 0.717) is 36.7 Å². The van der Waals surface area contributed by atoms with Crippen LogP contribution in [-0.2, 0) is 24.9 Å². The molecular weight excluding hydrogens is 577 g/mol. The van der Waals surface area contributed by atoms with Gasteiger partial charge < -0.3 is 24.1 Å². The Balaban J connectivity index is 1.46. The molecule has 236 valence electrons. The summed E-state index contributed by atoms with van der Waals surface area (Å²) in [7, 11) is 0.312. The van der Waals surface area contributed by atoms with E-state index < -0.39 is 7.60 Å². The van der Waals surface area contributed by atoms with Crippen LogP contribution >= 0.6 is 29.2 Å². The number of nitrogens with two attached hydrogens (primary N) is 1. The number of unbranched alkanes of at least 4 members (excludes halogenated alkanes) is 13. The van der Waals surface area contributed by atoms with Crippen molar-refractivity contribution in [2.75, 3.05) is 36.8 Å². The molecular formula is C29H54N5O4PS2. The van der Waals surface area contributed by atoms with Gasteiger partial charge in [-0.3, -0.25) is 4.57 Å². The Hall–Kier alpha value is -0.840. The molecule has 2 aromatic rings. The van der Waals surface area contributed by atoms with E-state index in [9.17, 15) is 4.57 Å². The molecule has 2 aromatic heterocycles. The average molecular weight is 632 g/mol. The zero-order valence-corrected chi connectivity index (χ0v) is 28.2. The van der Waals surface area contributed by atoms with Crippen molar-refractivity contribution >= 4 is 46.2 Å². The number of aromatic nitrogens is 4. The fourth-order valence-corrected chi connectivity index (χ4v) is 8.09. The van der Waals surface area contributed by atoms with Crippen molar-refractivity contribution in [2.24, 2.45) is 0 Å². The Kier molecular flexibility index (Phi) is 20.1. The van der Waals surface area contributed by atoms with Gasteiger partial charge in [0.05, 0.1) is 32.2 Å². The first-order chi connectivity index (χ1) is 20.0. The van der Waals surface area contributed by atoms with Crippen LogP contribution in [0.15, 0.2) is 12.7 Å². The first-order valence-corrected chi connectivity index (χ1v) is 19.9. The van der Waals surface area contributed by atoms with Crippen LogP contribution in [0.4, 0.5) is 5.82 Å². The van der Waals surface area contributed by atoms with Gasteiger partial charge >= 0.3 is 7.60 Å². The first-order valence-electron chi connectivity index (χ1n) is 15.6. The molecule has 41 heavy (non-hydrogen) atoms. The number of imidazole rings is 1. The standard InChI is InChI=1S/C29H54N5O4PS2/c1-4-6-7-8-9-10-11-12-13-14-15-16-17-18-20-40-41-21-19-38-39(35,37-5-2)25-36-26(3)22-34-24-33-27-28(30)31-23-32-29(27)34/h23-24,26H,4-22,25H2,1-3H3,(H2,30,31,32)/t26-,39?/m1/s1. The van der Waals surface area contributed by atoms with Crippen molar-refractivity contribution < 1.29 is 18.3 Å². The predicted molar refractivity (Wildman–Crippen MR) is 176 cm³/mol. The molecule has 0 fully saturated rings. The van der Waals surface area contributed by atoms with Gasteiger partial charge in [-0.1, -0.05) is 112 Å². The zero-order chi connectivity index (χ0) is 29.6. The summed E-state index contributed by atoms with van der Waals surface area (Å²) < 4.78 is 32.0. The second-order valence-electron chi connectivity index (χ2n) is 10.5. The fourth-order valence-electron chi connectivity index (χ4n) is 4.57. The number of fused-ring (bicyclic) bond motifs is 1. The molecule has 2 N–H and O–H groups in total. The van der Waals surface area contributed by atoms with Gasteiger partial charge in [-0.05, 0) is 20.3 Å². The van der Waals surface area contributed by atoms with Gasteiger partial charge in [-0.15, -0.1) is 0 Å². The summed E-state index contributed by atoms with van der Waals surface area (Å²) in [5.41, 5.74) is 7.06. The number of hydrogen-bond acceptors (Lipinski definition) is 10. The fraction of sp³-hybridized carbons (Fsp3) is 0.828. The zero-order valence-electron chi connectivity index (χ0n) is 25.6. The number of rotatable bonds is 27. The molecule has 2 atom stereocenters. The van der Waals surface area contributed by atoms with E-state index in [1.54, 1.807) is 17.1 Å². The van der Waals surface area contributed by atoms with Gasteiger partial charge in [0.15, 0.2) is 11.5 Å². The smallest absolute Gasteiger partial charge is 0.356 e. The highest BCUT2D eigenvalue weighted by molar-refractivity contribution is 8.76. The van der Waals surface area contributed by atoms with E-state index in [4.69, 9.17) is 19.5 Å². The van der Waals surface area contributed by atoms with Crippen LogP contribution in [0, 0.1) is 0 Å². The molecule has 2 heterocycles. The van der Waals surface area contributed by atoms with Crippen LogP contribution in [0.1, 0.15) is 111 Å². The second-order valence-corrected chi connectivity index (χ2v) is 15.2. The highest BCUT2D eigenvalue weighted by Gasteiger charge is 2.26. The molecule has 0 aliphatic heterocycles. The third-order valence-electron chi connectivity index (χ3n) is 6.85. The minimum atomic E-state index is -3.33. The summed E-state index contributed by atoms with van der Waals surface area (Å²) in [4.78, 5) is 12.5. The third kappa shape index (κ3) is 16.0. The molecule has 9 nitrogen and oxygen atoms in total. The van der Waals surface area contributed by atoms with Gasteiger partial charge in [-0.2, -0.15) is 0 Å². The van der Waals surface area contributed by atoms with E-state index in [1.807, 2.05) is 29.2 Å². The highest BCUT2D eigenvalue weighted by Crippen LogP contribution is 2.48. The van der Waals surface area contributed by atoms with Gasteiger partial charge in [0, 0.05) is 11.5 Å². The monoisotopic (exact) mass is 631 g/mol. The Morgan fingerprint density at radius 2 is 1.46 bits per heavy atom. The van der Waals surface area contributed by atoms with E-state index in [-0.39, 0.29) is 12.5 Å². The number of nitrogens with zero attached hydrogens (tertiary/aromatic N) is 4.